The first-order valence-electron chi connectivity index (χ1n) is 4.06. The third kappa shape index (κ3) is 1.51. The molecule has 0 spiro atoms. The van der Waals surface area contributed by atoms with Crippen LogP contribution in [-0.4, -0.2) is 0 Å². The van der Waals surface area contributed by atoms with Gasteiger partial charge < -0.3 is 0 Å². The summed E-state index contributed by atoms with van der Waals surface area (Å²) in [5.41, 5.74) is -2.89. The fraction of sp³-hybridized carbons (Fsp3) is 0. The van der Waals surface area contributed by atoms with E-state index in [1.165, 1.54) is 30.3 Å². The SMILES string of the molecule is N#Cc1c(F)c(C#N)c(C#N)c(C#N)c1C#N. The van der Waals surface area contributed by atoms with E-state index in [1.54, 1.807) is 0 Å². The lowest BCUT2D eigenvalue weighted by Gasteiger charge is -2.04. The van der Waals surface area contributed by atoms with Crippen molar-refractivity contribution in [2.24, 2.45) is 0 Å². The second kappa shape index (κ2) is 4.41. The van der Waals surface area contributed by atoms with Gasteiger partial charge in [0.1, 0.15) is 41.5 Å². The fourth-order valence-electron chi connectivity index (χ4n) is 1.26. The zero-order valence-corrected chi connectivity index (χ0v) is 8.11. The van der Waals surface area contributed by atoms with Gasteiger partial charge in [0.15, 0.2) is 5.82 Å². The smallest absolute Gasteiger partial charge is 0.161 e. The number of hydrogen-bond donors (Lipinski definition) is 0. The number of benzene rings is 1. The number of halogens is 1. The minimum Gasteiger partial charge on any atom is -0.204 e. The summed E-state index contributed by atoms with van der Waals surface area (Å²) in [6.07, 6.45) is 0. The second-order valence-electron chi connectivity index (χ2n) is 2.75. The Kier molecular flexibility index (Phi) is 3.03. The van der Waals surface area contributed by atoms with Crippen LogP contribution in [0.5, 0.6) is 0 Å². The first-order valence-corrected chi connectivity index (χ1v) is 4.06. The molecule has 0 atom stereocenters. The topological polar surface area (TPSA) is 119 Å². The summed E-state index contributed by atoms with van der Waals surface area (Å²) in [7, 11) is 0. The first kappa shape index (κ1) is 11.7. The van der Waals surface area contributed by atoms with Gasteiger partial charge in [-0.25, -0.2) is 4.39 Å². The predicted molar refractivity (Wildman–Crippen MR) is 50.0 cm³/mol. The monoisotopic (exact) mass is 221 g/mol. The molecule has 1 aromatic rings. The summed E-state index contributed by atoms with van der Waals surface area (Å²) in [6.45, 7) is 0. The molecule has 0 N–H and O–H groups in total. The lowest BCUT2D eigenvalue weighted by Crippen LogP contribution is -2.03. The average Bonchev–Trinajstić information content (AvgIpc) is 2.36. The van der Waals surface area contributed by atoms with Crippen LogP contribution < -0.4 is 0 Å². The Balaban J connectivity index is 4.10. The van der Waals surface area contributed by atoms with E-state index in [0.29, 0.717) is 0 Å². The van der Waals surface area contributed by atoms with Crippen molar-refractivity contribution in [1.82, 2.24) is 0 Å². The third-order valence-electron chi connectivity index (χ3n) is 2.00. The molecule has 0 bridgehead atoms. The zero-order chi connectivity index (χ0) is 13.0. The van der Waals surface area contributed by atoms with Crippen LogP contribution in [0.1, 0.15) is 27.8 Å². The molecule has 0 unspecified atom stereocenters. The lowest BCUT2D eigenvalue weighted by atomic mass is 9.93. The van der Waals surface area contributed by atoms with E-state index in [0.717, 1.165) is 0 Å². The number of nitrogens with zero attached hydrogens (tertiary/aromatic N) is 5. The molecule has 0 saturated heterocycles. The molecule has 0 aromatic heterocycles. The van der Waals surface area contributed by atoms with Crippen LogP contribution in [0.2, 0.25) is 0 Å². The normalized spacial score (nSPS) is 8.00. The lowest BCUT2D eigenvalue weighted by molar-refractivity contribution is 0.618. The average molecular weight is 221 g/mol. The highest BCUT2D eigenvalue weighted by molar-refractivity contribution is 5.67. The Morgan fingerprint density at radius 2 is 0.765 bits per heavy atom. The molecule has 5 nitrogen and oxygen atoms in total. The van der Waals surface area contributed by atoms with Crippen LogP contribution in [0.25, 0.3) is 0 Å². The van der Waals surface area contributed by atoms with Gasteiger partial charge in [-0.3, -0.25) is 0 Å². The molecule has 0 aliphatic heterocycles. The molecule has 1 rings (SSSR count). The van der Waals surface area contributed by atoms with E-state index >= 15 is 0 Å². The van der Waals surface area contributed by atoms with E-state index < -0.39 is 33.6 Å². The van der Waals surface area contributed by atoms with Crippen LogP contribution in [0, 0.1) is 62.5 Å². The van der Waals surface area contributed by atoms with Gasteiger partial charge in [0.25, 0.3) is 0 Å². The van der Waals surface area contributed by atoms with Gasteiger partial charge in [-0.1, -0.05) is 0 Å². The summed E-state index contributed by atoms with van der Waals surface area (Å²) < 4.78 is 13.6. The molecule has 17 heavy (non-hydrogen) atoms. The molecule has 6 heteroatoms. The van der Waals surface area contributed by atoms with Crippen molar-refractivity contribution in [2.75, 3.05) is 0 Å². The molecule has 0 aliphatic carbocycles. The molecule has 0 amide bonds. The van der Waals surface area contributed by atoms with Gasteiger partial charge in [0, 0.05) is 0 Å². The summed E-state index contributed by atoms with van der Waals surface area (Å²) in [5, 5.41) is 43.7. The van der Waals surface area contributed by atoms with E-state index in [-0.39, 0.29) is 0 Å². The van der Waals surface area contributed by atoms with Gasteiger partial charge in [-0.15, -0.1) is 0 Å². The van der Waals surface area contributed by atoms with Crippen molar-refractivity contribution in [3.63, 3.8) is 0 Å². The first-order chi connectivity index (χ1) is 8.15. The largest absolute Gasteiger partial charge is 0.204 e. The van der Waals surface area contributed by atoms with Gasteiger partial charge in [-0.2, -0.15) is 26.3 Å². The molecule has 0 heterocycles. The Labute approximate surface area is 95.4 Å². The Hall–Kier alpha value is -3.40. The minimum absolute atomic E-state index is 0.454. The summed E-state index contributed by atoms with van der Waals surface area (Å²) in [4.78, 5) is 0. The maximum Gasteiger partial charge on any atom is 0.161 e. The van der Waals surface area contributed by atoms with Gasteiger partial charge in [-0.05, 0) is 0 Å². The zero-order valence-electron chi connectivity index (χ0n) is 8.11. The number of nitriles is 5. The fourth-order valence-corrected chi connectivity index (χ4v) is 1.26. The highest BCUT2D eigenvalue weighted by Crippen LogP contribution is 2.25. The molecule has 76 valence electrons. The highest BCUT2D eigenvalue weighted by atomic mass is 19.1. The van der Waals surface area contributed by atoms with Crippen LogP contribution in [0.3, 0.4) is 0 Å². The molecule has 0 fully saturated rings. The van der Waals surface area contributed by atoms with E-state index in [9.17, 15) is 4.39 Å². The second-order valence-corrected chi connectivity index (χ2v) is 2.75. The third-order valence-corrected chi connectivity index (χ3v) is 2.00. The van der Waals surface area contributed by atoms with Crippen molar-refractivity contribution >= 4 is 0 Å². The van der Waals surface area contributed by atoms with E-state index in [1.807, 2.05) is 0 Å². The summed E-state index contributed by atoms with van der Waals surface area (Å²) >= 11 is 0. The van der Waals surface area contributed by atoms with E-state index in [2.05, 4.69) is 0 Å². The minimum atomic E-state index is -1.25. The van der Waals surface area contributed by atoms with Crippen LogP contribution in [0.4, 0.5) is 4.39 Å². The molecule has 0 saturated carbocycles. The molecule has 0 aliphatic rings. The summed E-state index contributed by atoms with van der Waals surface area (Å²) in [6, 6.07) is 7.32. The maximum atomic E-state index is 13.6. The highest BCUT2D eigenvalue weighted by Gasteiger charge is 2.24. The van der Waals surface area contributed by atoms with Gasteiger partial charge in [0.05, 0.1) is 16.7 Å². The molecular weight excluding hydrogens is 221 g/mol. The van der Waals surface area contributed by atoms with Gasteiger partial charge in [0.2, 0.25) is 0 Å². The summed E-state index contributed by atoms with van der Waals surface area (Å²) in [5.74, 6) is -1.25. The van der Waals surface area contributed by atoms with Crippen LogP contribution in [0.15, 0.2) is 0 Å². The van der Waals surface area contributed by atoms with Gasteiger partial charge >= 0.3 is 0 Å². The Morgan fingerprint density at radius 3 is 1.00 bits per heavy atom. The quantitative estimate of drug-likeness (QED) is 0.651. The Morgan fingerprint density at radius 1 is 0.529 bits per heavy atom. The Bertz CT molecular complexity index is 660. The van der Waals surface area contributed by atoms with Crippen molar-refractivity contribution < 1.29 is 4.39 Å². The van der Waals surface area contributed by atoms with Crippen molar-refractivity contribution in [3.05, 3.63) is 33.6 Å². The maximum absolute atomic E-state index is 13.6. The van der Waals surface area contributed by atoms with Crippen LogP contribution >= 0.6 is 0 Å². The molecule has 0 radical (unpaired) electrons. The van der Waals surface area contributed by atoms with Crippen LogP contribution in [-0.2, 0) is 0 Å². The molecular formula is C11FN5. The van der Waals surface area contributed by atoms with Crippen molar-refractivity contribution in [1.29, 1.82) is 26.3 Å². The molecule has 1 aromatic carbocycles. The van der Waals surface area contributed by atoms with Crippen molar-refractivity contribution in [2.45, 2.75) is 0 Å². The number of rotatable bonds is 0. The number of hydrogen-bond acceptors (Lipinski definition) is 5. The predicted octanol–water partition coefficient (Wildman–Crippen LogP) is 1.18. The van der Waals surface area contributed by atoms with Crippen molar-refractivity contribution in [3.8, 4) is 30.3 Å². The standard InChI is InChI=1S/C11FN5/c12-11-9(4-16)7(2-14)6(1-13)8(3-15)10(11)5-17. The van der Waals surface area contributed by atoms with E-state index in [4.69, 9.17) is 26.3 Å².